The molecule has 0 radical (unpaired) electrons. The van der Waals surface area contributed by atoms with Crippen LogP contribution in [0, 0.1) is 0 Å². The van der Waals surface area contributed by atoms with Crippen molar-refractivity contribution < 1.29 is 0 Å². The molecule has 136 valence electrons. The molecule has 0 atom stereocenters. The third-order valence-electron chi connectivity index (χ3n) is 4.25. The van der Waals surface area contributed by atoms with E-state index in [1.807, 2.05) is 47.1 Å². The molecular weight excluding hydrogens is 379 g/mol. The van der Waals surface area contributed by atoms with E-state index in [4.69, 9.17) is 28.2 Å². The molecule has 4 rings (SSSR count). The van der Waals surface area contributed by atoms with Crippen LogP contribution in [0.3, 0.4) is 0 Å². The van der Waals surface area contributed by atoms with Crippen LogP contribution in [-0.4, -0.2) is 14.6 Å². The highest BCUT2D eigenvalue weighted by Crippen LogP contribution is 2.29. The normalized spacial score (nSPS) is 11.1. The van der Waals surface area contributed by atoms with Gasteiger partial charge >= 0.3 is 0 Å². The Balaban J connectivity index is 1.85. The molecule has 0 aliphatic heterocycles. The highest BCUT2D eigenvalue weighted by Gasteiger charge is 2.13. The van der Waals surface area contributed by atoms with Crippen molar-refractivity contribution in [1.29, 1.82) is 0 Å². The summed E-state index contributed by atoms with van der Waals surface area (Å²) in [5.74, 6) is 0.823. The van der Waals surface area contributed by atoms with E-state index in [2.05, 4.69) is 29.5 Å². The summed E-state index contributed by atoms with van der Waals surface area (Å²) in [4.78, 5) is 4.85. The summed E-state index contributed by atoms with van der Waals surface area (Å²) in [6.45, 7) is 2.14. The van der Waals surface area contributed by atoms with Crippen molar-refractivity contribution in [3.05, 3.63) is 76.5 Å². The largest absolute Gasteiger partial charge is 0.340 e. The predicted octanol–water partition coefficient (Wildman–Crippen LogP) is 6.40. The van der Waals surface area contributed by atoms with Gasteiger partial charge in [-0.3, -0.25) is 0 Å². The Morgan fingerprint density at radius 2 is 1.74 bits per heavy atom. The zero-order chi connectivity index (χ0) is 18.8. The standard InChI is InChI=1S/C21H18Cl2N4/c1-2-6-17-12-20(25-18-10-15(22)9-16(23)11-18)27-21(26-17)19(13-24-27)14-7-4-3-5-8-14/h3-5,7-13,25H,2,6H2,1H3. The molecule has 6 heteroatoms. The summed E-state index contributed by atoms with van der Waals surface area (Å²) in [7, 11) is 0. The number of aryl methyl sites for hydroxylation is 1. The van der Waals surface area contributed by atoms with Crippen molar-refractivity contribution in [2.45, 2.75) is 19.8 Å². The average Bonchev–Trinajstić information content (AvgIpc) is 3.06. The Hall–Kier alpha value is -2.56. The second-order valence-corrected chi connectivity index (χ2v) is 7.20. The van der Waals surface area contributed by atoms with Crippen molar-refractivity contribution in [2.75, 3.05) is 5.32 Å². The van der Waals surface area contributed by atoms with Crippen molar-refractivity contribution in [1.82, 2.24) is 14.6 Å². The molecule has 0 aliphatic carbocycles. The second-order valence-electron chi connectivity index (χ2n) is 6.33. The van der Waals surface area contributed by atoms with Gasteiger partial charge in [0, 0.05) is 33.1 Å². The van der Waals surface area contributed by atoms with Crippen LogP contribution in [-0.2, 0) is 6.42 Å². The van der Waals surface area contributed by atoms with Gasteiger partial charge in [0.1, 0.15) is 5.82 Å². The molecule has 0 aliphatic rings. The van der Waals surface area contributed by atoms with Gasteiger partial charge in [-0.15, -0.1) is 0 Å². The van der Waals surface area contributed by atoms with Gasteiger partial charge in [0.2, 0.25) is 0 Å². The molecule has 0 unspecified atom stereocenters. The predicted molar refractivity (Wildman–Crippen MR) is 112 cm³/mol. The zero-order valence-corrected chi connectivity index (χ0v) is 16.3. The Kier molecular flexibility index (Phi) is 5.01. The number of fused-ring (bicyclic) bond motifs is 1. The number of hydrogen-bond donors (Lipinski definition) is 1. The Morgan fingerprint density at radius 3 is 2.44 bits per heavy atom. The van der Waals surface area contributed by atoms with Crippen molar-refractivity contribution in [2.24, 2.45) is 0 Å². The van der Waals surface area contributed by atoms with E-state index in [0.717, 1.165) is 46.8 Å². The summed E-state index contributed by atoms with van der Waals surface area (Å²) < 4.78 is 1.82. The lowest BCUT2D eigenvalue weighted by molar-refractivity contribution is 0.862. The fourth-order valence-corrected chi connectivity index (χ4v) is 3.61. The molecule has 2 heterocycles. The third kappa shape index (κ3) is 3.77. The van der Waals surface area contributed by atoms with Gasteiger partial charge < -0.3 is 5.32 Å². The topological polar surface area (TPSA) is 42.2 Å². The summed E-state index contributed by atoms with van der Waals surface area (Å²) in [5, 5.41) is 9.10. The molecule has 27 heavy (non-hydrogen) atoms. The van der Waals surface area contributed by atoms with Gasteiger partial charge in [-0.25, -0.2) is 4.98 Å². The third-order valence-corrected chi connectivity index (χ3v) is 4.69. The highest BCUT2D eigenvalue weighted by molar-refractivity contribution is 6.35. The van der Waals surface area contributed by atoms with E-state index < -0.39 is 0 Å². The fraction of sp³-hybridized carbons (Fsp3) is 0.143. The second kappa shape index (κ2) is 7.59. The minimum Gasteiger partial charge on any atom is -0.340 e. The first kappa shape index (κ1) is 17.8. The summed E-state index contributed by atoms with van der Waals surface area (Å²) in [6.07, 6.45) is 3.75. The maximum atomic E-state index is 6.14. The lowest BCUT2D eigenvalue weighted by atomic mass is 10.1. The van der Waals surface area contributed by atoms with Crippen LogP contribution in [0.4, 0.5) is 11.5 Å². The lowest BCUT2D eigenvalue weighted by Gasteiger charge is -2.12. The van der Waals surface area contributed by atoms with E-state index in [9.17, 15) is 0 Å². The fourth-order valence-electron chi connectivity index (χ4n) is 3.08. The maximum absolute atomic E-state index is 6.14. The number of benzene rings is 2. The van der Waals surface area contributed by atoms with Crippen LogP contribution in [0.2, 0.25) is 10.0 Å². The van der Waals surface area contributed by atoms with Crippen LogP contribution < -0.4 is 5.32 Å². The first-order valence-corrected chi connectivity index (χ1v) is 9.56. The van der Waals surface area contributed by atoms with Gasteiger partial charge in [0.05, 0.1) is 6.20 Å². The van der Waals surface area contributed by atoms with Crippen LogP contribution >= 0.6 is 23.2 Å². The Morgan fingerprint density at radius 1 is 1.00 bits per heavy atom. The number of halogens is 2. The minimum absolute atomic E-state index is 0.578. The first-order chi connectivity index (χ1) is 13.1. The van der Waals surface area contributed by atoms with E-state index in [1.165, 1.54) is 0 Å². The number of nitrogens with one attached hydrogen (secondary N) is 1. The quantitative estimate of drug-likeness (QED) is 0.424. The van der Waals surface area contributed by atoms with Crippen LogP contribution in [0.15, 0.2) is 60.8 Å². The molecule has 4 aromatic rings. The lowest BCUT2D eigenvalue weighted by Crippen LogP contribution is -2.04. The monoisotopic (exact) mass is 396 g/mol. The number of hydrogen-bond acceptors (Lipinski definition) is 3. The Bertz CT molecular complexity index is 1070. The molecule has 4 nitrogen and oxygen atoms in total. The van der Waals surface area contributed by atoms with Crippen LogP contribution in [0.25, 0.3) is 16.8 Å². The molecule has 2 aromatic heterocycles. The molecule has 0 spiro atoms. The minimum atomic E-state index is 0.578. The molecule has 0 saturated carbocycles. The van der Waals surface area contributed by atoms with Gasteiger partial charge in [0.15, 0.2) is 5.65 Å². The smallest absolute Gasteiger partial charge is 0.165 e. The van der Waals surface area contributed by atoms with E-state index in [1.54, 1.807) is 6.07 Å². The molecule has 1 N–H and O–H groups in total. The number of rotatable bonds is 5. The summed E-state index contributed by atoms with van der Waals surface area (Å²) >= 11 is 12.3. The molecule has 0 fully saturated rings. The van der Waals surface area contributed by atoms with Crippen molar-refractivity contribution >= 4 is 40.4 Å². The number of aromatic nitrogens is 3. The molecule has 0 saturated heterocycles. The Labute approximate surface area is 167 Å². The molecule has 2 aromatic carbocycles. The van der Waals surface area contributed by atoms with Crippen molar-refractivity contribution in [3.8, 4) is 11.1 Å². The van der Waals surface area contributed by atoms with Crippen molar-refractivity contribution in [3.63, 3.8) is 0 Å². The molecule has 0 amide bonds. The SMILES string of the molecule is CCCc1cc(Nc2cc(Cl)cc(Cl)c2)n2ncc(-c3ccccc3)c2n1. The number of anilines is 2. The van der Waals surface area contributed by atoms with E-state index in [0.29, 0.717) is 10.0 Å². The average molecular weight is 397 g/mol. The maximum Gasteiger partial charge on any atom is 0.165 e. The summed E-state index contributed by atoms with van der Waals surface area (Å²) in [5.41, 5.74) is 4.73. The highest BCUT2D eigenvalue weighted by atomic mass is 35.5. The first-order valence-electron chi connectivity index (χ1n) is 8.80. The molecular formula is C21H18Cl2N4. The van der Waals surface area contributed by atoms with Crippen LogP contribution in [0.1, 0.15) is 19.0 Å². The van der Waals surface area contributed by atoms with Crippen LogP contribution in [0.5, 0.6) is 0 Å². The van der Waals surface area contributed by atoms with Gasteiger partial charge in [-0.1, -0.05) is 66.9 Å². The van der Waals surface area contributed by atoms with Gasteiger partial charge in [-0.2, -0.15) is 9.61 Å². The van der Waals surface area contributed by atoms with E-state index in [-0.39, 0.29) is 0 Å². The van der Waals surface area contributed by atoms with Gasteiger partial charge in [-0.05, 0) is 30.2 Å². The summed E-state index contributed by atoms with van der Waals surface area (Å²) in [6, 6.07) is 17.6. The van der Waals surface area contributed by atoms with Gasteiger partial charge in [0.25, 0.3) is 0 Å². The molecule has 0 bridgehead atoms. The van der Waals surface area contributed by atoms with E-state index >= 15 is 0 Å². The zero-order valence-electron chi connectivity index (χ0n) is 14.8. The number of nitrogens with zero attached hydrogens (tertiary/aromatic N) is 3.